The first-order valence-electron chi connectivity index (χ1n) is 6.68. The van der Waals surface area contributed by atoms with Crippen molar-refractivity contribution in [2.45, 2.75) is 17.7 Å². The summed E-state index contributed by atoms with van der Waals surface area (Å²) in [5.41, 5.74) is 0.822. The molecular formula is C12H18NNaO6S4. The van der Waals surface area contributed by atoms with Gasteiger partial charge in [0.1, 0.15) is 0 Å². The maximum Gasteiger partial charge on any atom is 1.00 e. The normalized spacial score (nSPS) is 11.8. The van der Waals surface area contributed by atoms with Gasteiger partial charge in [-0.2, -0.15) is 8.42 Å². The summed E-state index contributed by atoms with van der Waals surface area (Å²) in [7, 11) is -5.19. The van der Waals surface area contributed by atoms with Crippen molar-refractivity contribution in [3.05, 3.63) is 24.3 Å². The van der Waals surface area contributed by atoms with Gasteiger partial charge in [-0.1, -0.05) is 33.7 Å². The molecule has 0 amide bonds. The van der Waals surface area contributed by atoms with Crippen molar-refractivity contribution >= 4 is 47.5 Å². The van der Waals surface area contributed by atoms with Gasteiger partial charge in [0.05, 0.1) is 15.9 Å². The molecule has 0 aromatic heterocycles. The van der Waals surface area contributed by atoms with Crippen LogP contribution in [-0.2, 0) is 20.2 Å². The largest absolute Gasteiger partial charge is 1.00 e. The molecule has 0 fully saturated rings. The first-order valence-corrected chi connectivity index (χ1v) is 12.2. The SMILES string of the molecule is O=S(=O)([O-])CCCNc1ccccc1SSCCCS(=O)(=O)O.[Na+]. The predicted molar refractivity (Wildman–Crippen MR) is 93.5 cm³/mol. The van der Waals surface area contributed by atoms with Crippen LogP contribution in [0.4, 0.5) is 5.69 Å². The smallest absolute Gasteiger partial charge is 0.748 e. The number of rotatable bonds is 11. The Morgan fingerprint density at radius 1 is 1.08 bits per heavy atom. The molecule has 132 valence electrons. The van der Waals surface area contributed by atoms with Gasteiger partial charge in [-0.25, -0.2) is 8.42 Å². The van der Waals surface area contributed by atoms with E-state index in [4.69, 9.17) is 4.55 Å². The molecule has 1 aromatic rings. The summed E-state index contributed by atoms with van der Waals surface area (Å²) in [4.78, 5) is 0.925. The second kappa shape index (κ2) is 12.0. The average Bonchev–Trinajstić information content (AvgIpc) is 2.42. The number of hydrogen-bond donors (Lipinski definition) is 2. The fourth-order valence-corrected chi connectivity index (χ4v) is 5.01. The Labute approximate surface area is 172 Å². The first kappa shape index (κ1) is 24.5. The third-order valence-electron chi connectivity index (χ3n) is 2.55. The Kier molecular flexibility index (Phi) is 12.3. The summed E-state index contributed by atoms with van der Waals surface area (Å²) in [6, 6.07) is 7.41. The van der Waals surface area contributed by atoms with Crippen molar-refractivity contribution in [2.24, 2.45) is 0 Å². The van der Waals surface area contributed by atoms with Crippen LogP contribution in [0.3, 0.4) is 0 Å². The molecule has 12 heteroatoms. The van der Waals surface area contributed by atoms with Crippen molar-refractivity contribution in [3.8, 4) is 0 Å². The number of benzene rings is 1. The van der Waals surface area contributed by atoms with Crippen molar-refractivity contribution in [3.63, 3.8) is 0 Å². The quantitative estimate of drug-likeness (QED) is 0.201. The van der Waals surface area contributed by atoms with Crippen LogP contribution in [0.5, 0.6) is 0 Å². The molecule has 0 aliphatic carbocycles. The third kappa shape index (κ3) is 12.8. The van der Waals surface area contributed by atoms with Crippen molar-refractivity contribution in [1.29, 1.82) is 0 Å². The van der Waals surface area contributed by atoms with Crippen molar-refractivity contribution in [1.82, 2.24) is 0 Å². The van der Waals surface area contributed by atoms with E-state index in [9.17, 15) is 21.4 Å². The van der Waals surface area contributed by atoms with Gasteiger partial charge in [0.15, 0.2) is 0 Å². The van der Waals surface area contributed by atoms with E-state index in [1.807, 2.05) is 24.3 Å². The standard InChI is InChI=1S/C12H19NO6S4.Na/c14-22(15,16)9-3-7-13-11-5-1-2-6-12(11)21-20-8-4-10-23(17,18)19;/h1-2,5-6,13H,3-4,7-10H2,(H,14,15,16)(H,17,18,19);/q;+1/p-1. The zero-order valence-corrected chi connectivity index (χ0v) is 18.4. The first-order chi connectivity index (χ1) is 10.7. The Bertz CT molecular complexity index is 695. The Morgan fingerprint density at radius 3 is 2.38 bits per heavy atom. The molecule has 0 aliphatic rings. The molecule has 0 heterocycles. The fourth-order valence-electron chi connectivity index (χ4n) is 1.56. The minimum atomic E-state index is -4.19. The molecule has 0 spiro atoms. The molecule has 0 saturated carbocycles. The molecule has 1 rings (SSSR count). The van der Waals surface area contributed by atoms with Gasteiger partial charge in [0.25, 0.3) is 10.1 Å². The van der Waals surface area contributed by atoms with Crippen LogP contribution in [0.2, 0.25) is 0 Å². The zero-order valence-electron chi connectivity index (χ0n) is 13.2. The van der Waals surface area contributed by atoms with E-state index in [-0.39, 0.29) is 41.7 Å². The minimum absolute atomic E-state index is 0. The van der Waals surface area contributed by atoms with Crippen molar-refractivity contribution < 1.29 is 55.5 Å². The van der Waals surface area contributed by atoms with Crippen LogP contribution < -0.4 is 34.9 Å². The molecular weight excluding hydrogens is 405 g/mol. The molecule has 0 aliphatic heterocycles. The van der Waals surface area contributed by atoms with E-state index in [1.165, 1.54) is 21.6 Å². The maximum absolute atomic E-state index is 10.6. The Hall–Kier alpha value is 0.540. The maximum atomic E-state index is 10.6. The van der Waals surface area contributed by atoms with E-state index < -0.39 is 26.0 Å². The molecule has 1 aromatic carbocycles. The predicted octanol–water partition coefficient (Wildman–Crippen LogP) is -0.944. The van der Waals surface area contributed by atoms with E-state index in [0.29, 0.717) is 18.7 Å². The van der Waals surface area contributed by atoms with Gasteiger partial charge < -0.3 is 9.87 Å². The molecule has 0 atom stereocenters. The summed E-state index contributed by atoms with van der Waals surface area (Å²) in [6.45, 7) is 0.368. The molecule has 0 unspecified atom stereocenters. The van der Waals surface area contributed by atoms with E-state index in [1.54, 1.807) is 0 Å². The molecule has 0 saturated heterocycles. The fraction of sp³-hybridized carbons (Fsp3) is 0.500. The van der Waals surface area contributed by atoms with Crippen LogP contribution in [0.1, 0.15) is 12.8 Å². The second-order valence-corrected chi connectivity index (χ2v) is 10.1. The molecule has 2 N–H and O–H groups in total. The molecule has 0 bridgehead atoms. The van der Waals surface area contributed by atoms with Crippen LogP contribution >= 0.6 is 21.6 Å². The van der Waals surface area contributed by atoms with Crippen molar-refractivity contribution in [2.75, 3.05) is 29.1 Å². The van der Waals surface area contributed by atoms with Crippen LogP contribution in [0.15, 0.2) is 29.2 Å². The van der Waals surface area contributed by atoms with Gasteiger partial charge in [-0.05, 0) is 25.0 Å². The molecule has 24 heavy (non-hydrogen) atoms. The summed E-state index contributed by atoms with van der Waals surface area (Å²) >= 11 is 0. The number of nitrogens with one attached hydrogen (secondary N) is 1. The monoisotopic (exact) mass is 423 g/mol. The van der Waals surface area contributed by atoms with Gasteiger partial charge in [0.2, 0.25) is 0 Å². The second-order valence-electron chi connectivity index (χ2n) is 4.58. The number of para-hydroxylation sites is 1. The Morgan fingerprint density at radius 2 is 1.75 bits per heavy atom. The van der Waals surface area contributed by atoms with Crippen LogP contribution in [-0.4, -0.2) is 49.7 Å². The van der Waals surface area contributed by atoms with Gasteiger partial charge in [0, 0.05) is 28.6 Å². The summed E-state index contributed by atoms with van der Waals surface area (Å²) in [6.07, 6.45) is 0.583. The van der Waals surface area contributed by atoms with Gasteiger partial charge in [-0.3, -0.25) is 4.55 Å². The van der Waals surface area contributed by atoms with E-state index in [0.717, 1.165) is 10.6 Å². The third-order valence-corrected chi connectivity index (χ3v) is 6.65. The van der Waals surface area contributed by atoms with Crippen LogP contribution in [0.25, 0.3) is 0 Å². The summed E-state index contributed by atoms with van der Waals surface area (Å²) in [5.74, 6) is -0.100. The number of hydrogen-bond acceptors (Lipinski definition) is 8. The van der Waals surface area contributed by atoms with E-state index in [2.05, 4.69) is 5.32 Å². The summed E-state index contributed by atoms with van der Waals surface area (Å²) in [5, 5.41) is 3.08. The molecule has 0 radical (unpaired) electrons. The Balaban J connectivity index is 0.00000529. The minimum Gasteiger partial charge on any atom is -0.748 e. The van der Waals surface area contributed by atoms with E-state index >= 15 is 0 Å². The zero-order chi connectivity index (χ0) is 17.3. The van der Waals surface area contributed by atoms with Crippen LogP contribution in [0, 0.1) is 0 Å². The topological polar surface area (TPSA) is 124 Å². The summed E-state index contributed by atoms with van der Waals surface area (Å²) < 4.78 is 61.4. The van der Waals surface area contributed by atoms with Gasteiger partial charge >= 0.3 is 29.6 Å². The average molecular weight is 424 g/mol. The number of anilines is 1. The van der Waals surface area contributed by atoms with Gasteiger partial charge in [-0.15, -0.1) is 0 Å². The molecule has 7 nitrogen and oxygen atoms in total.